The zero-order valence-corrected chi connectivity index (χ0v) is 8.17. The van der Waals surface area contributed by atoms with Crippen LogP contribution in [0.5, 0.6) is 0 Å². The average molecular weight is 166 g/mol. The first-order valence-corrected chi connectivity index (χ1v) is 4.19. The van der Waals surface area contributed by atoms with Crippen molar-refractivity contribution in [2.45, 2.75) is 20.8 Å². The Kier molecular flexibility index (Phi) is 5.39. The first kappa shape index (κ1) is 11.2. The summed E-state index contributed by atoms with van der Waals surface area (Å²) in [6.07, 6.45) is 5.92. The molecule has 0 aliphatic heterocycles. The first-order valence-electron chi connectivity index (χ1n) is 4.19. The minimum Gasteiger partial charge on any atom is -0.396 e. The molecule has 1 heteroatoms. The fourth-order valence-corrected chi connectivity index (χ4v) is 0.646. The molecule has 0 fully saturated rings. The maximum atomic E-state index is 8.80. The molecule has 1 unspecified atom stereocenters. The van der Waals surface area contributed by atoms with E-state index in [1.165, 1.54) is 5.57 Å². The normalized spacial score (nSPS) is 13.0. The van der Waals surface area contributed by atoms with Crippen LogP contribution in [0.3, 0.4) is 0 Å². The molecule has 68 valence electrons. The average Bonchev–Trinajstić information content (AvgIpc) is 2.02. The molecule has 0 saturated heterocycles. The highest BCUT2D eigenvalue weighted by Gasteiger charge is 1.99. The van der Waals surface area contributed by atoms with E-state index in [9.17, 15) is 0 Å². The molecular weight excluding hydrogens is 148 g/mol. The number of rotatable bonds is 4. The van der Waals surface area contributed by atoms with Crippen LogP contribution in [0.15, 0.2) is 36.0 Å². The van der Waals surface area contributed by atoms with Gasteiger partial charge in [-0.1, -0.05) is 42.9 Å². The van der Waals surface area contributed by atoms with Crippen molar-refractivity contribution in [3.63, 3.8) is 0 Å². The van der Waals surface area contributed by atoms with Gasteiger partial charge in [-0.3, -0.25) is 0 Å². The summed E-state index contributed by atoms with van der Waals surface area (Å²) in [6, 6.07) is 0. The van der Waals surface area contributed by atoms with Crippen LogP contribution >= 0.6 is 0 Å². The van der Waals surface area contributed by atoms with Crippen LogP contribution in [-0.4, -0.2) is 11.7 Å². The van der Waals surface area contributed by atoms with E-state index in [-0.39, 0.29) is 12.5 Å². The molecule has 0 radical (unpaired) electrons. The van der Waals surface area contributed by atoms with Gasteiger partial charge in [0.15, 0.2) is 0 Å². The van der Waals surface area contributed by atoms with Crippen molar-refractivity contribution in [3.05, 3.63) is 36.0 Å². The third-order valence-electron chi connectivity index (χ3n) is 1.65. The van der Waals surface area contributed by atoms with Crippen LogP contribution in [0.1, 0.15) is 20.8 Å². The summed E-state index contributed by atoms with van der Waals surface area (Å²) >= 11 is 0. The fraction of sp³-hybridized carbons (Fsp3) is 0.455. The van der Waals surface area contributed by atoms with Gasteiger partial charge in [0.2, 0.25) is 0 Å². The fourth-order valence-electron chi connectivity index (χ4n) is 0.646. The van der Waals surface area contributed by atoms with Gasteiger partial charge in [0.25, 0.3) is 0 Å². The molecule has 0 aliphatic carbocycles. The predicted octanol–water partition coefficient (Wildman–Crippen LogP) is 2.69. The molecule has 0 amide bonds. The number of aliphatic hydroxyl groups is 1. The van der Waals surface area contributed by atoms with Gasteiger partial charge in [0.05, 0.1) is 0 Å². The molecule has 12 heavy (non-hydrogen) atoms. The van der Waals surface area contributed by atoms with Gasteiger partial charge >= 0.3 is 0 Å². The Bertz CT molecular complexity index is 195. The van der Waals surface area contributed by atoms with E-state index in [2.05, 4.69) is 6.58 Å². The Morgan fingerprint density at radius 2 is 2.08 bits per heavy atom. The molecule has 0 rings (SSSR count). The molecule has 0 saturated carbocycles. The highest BCUT2D eigenvalue weighted by Crippen LogP contribution is 2.08. The Balaban J connectivity index is 4.00. The predicted molar refractivity (Wildman–Crippen MR) is 54.0 cm³/mol. The largest absolute Gasteiger partial charge is 0.396 e. The maximum Gasteiger partial charge on any atom is 0.0496 e. The van der Waals surface area contributed by atoms with Crippen molar-refractivity contribution >= 4 is 0 Å². The Labute approximate surface area is 75.1 Å². The first-order chi connectivity index (χ1) is 5.57. The number of hydrogen-bond acceptors (Lipinski definition) is 1. The monoisotopic (exact) mass is 166 g/mol. The highest BCUT2D eigenvalue weighted by molar-refractivity contribution is 5.22. The van der Waals surface area contributed by atoms with E-state index in [1.807, 2.05) is 39.0 Å². The van der Waals surface area contributed by atoms with Gasteiger partial charge < -0.3 is 5.11 Å². The second-order valence-corrected chi connectivity index (χ2v) is 3.26. The summed E-state index contributed by atoms with van der Waals surface area (Å²) in [5.41, 5.74) is 2.23. The Hall–Kier alpha value is -0.820. The van der Waals surface area contributed by atoms with Crippen LogP contribution in [0.2, 0.25) is 0 Å². The zero-order valence-electron chi connectivity index (χ0n) is 8.17. The van der Waals surface area contributed by atoms with E-state index in [0.29, 0.717) is 0 Å². The van der Waals surface area contributed by atoms with Gasteiger partial charge in [0, 0.05) is 12.5 Å². The molecule has 1 N–H and O–H groups in total. The lowest BCUT2D eigenvalue weighted by Crippen LogP contribution is -2.00. The standard InChI is InChI=1S/C11H18O/c1-9(2)6-5-7-10(3)11(4)8-12/h5-7,11-12H,3,8H2,1-2,4H3/b7-5+. The molecule has 0 aromatic heterocycles. The van der Waals surface area contributed by atoms with E-state index in [1.54, 1.807) is 0 Å². The maximum absolute atomic E-state index is 8.80. The van der Waals surface area contributed by atoms with E-state index < -0.39 is 0 Å². The molecule has 1 nitrogen and oxygen atoms in total. The Morgan fingerprint density at radius 1 is 1.50 bits per heavy atom. The lowest BCUT2D eigenvalue weighted by molar-refractivity contribution is 0.258. The minimum atomic E-state index is 0.159. The molecule has 0 heterocycles. The number of hydrogen-bond donors (Lipinski definition) is 1. The Morgan fingerprint density at radius 3 is 2.50 bits per heavy atom. The molecule has 0 spiro atoms. The highest BCUT2D eigenvalue weighted by atomic mass is 16.3. The van der Waals surface area contributed by atoms with Crippen molar-refractivity contribution in [2.75, 3.05) is 6.61 Å². The van der Waals surface area contributed by atoms with Crippen LogP contribution < -0.4 is 0 Å². The minimum absolute atomic E-state index is 0.159. The second-order valence-electron chi connectivity index (χ2n) is 3.26. The van der Waals surface area contributed by atoms with Crippen LogP contribution in [0, 0.1) is 5.92 Å². The van der Waals surface area contributed by atoms with Gasteiger partial charge in [-0.15, -0.1) is 0 Å². The third kappa shape index (κ3) is 4.91. The van der Waals surface area contributed by atoms with Gasteiger partial charge in [0.1, 0.15) is 0 Å². The van der Waals surface area contributed by atoms with Crippen LogP contribution in [-0.2, 0) is 0 Å². The number of allylic oxidation sites excluding steroid dienone is 4. The van der Waals surface area contributed by atoms with Gasteiger partial charge in [-0.2, -0.15) is 0 Å². The summed E-state index contributed by atoms with van der Waals surface area (Å²) in [6.45, 7) is 10.1. The van der Waals surface area contributed by atoms with Crippen molar-refractivity contribution in [1.82, 2.24) is 0 Å². The molecule has 0 aromatic rings. The summed E-state index contributed by atoms with van der Waals surface area (Å²) in [5.74, 6) is 0.159. The van der Waals surface area contributed by atoms with E-state index in [4.69, 9.17) is 5.11 Å². The van der Waals surface area contributed by atoms with Crippen LogP contribution in [0.25, 0.3) is 0 Å². The summed E-state index contributed by atoms with van der Waals surface area (Å²) in [5, 5.41) is 8.80. The molecular formula is C11H18O. The van der Waals surface area contributed by atoms with Crippen molar-refractivity contribution in [2.24, 2.45) is 5.92 Å². The molecule has 1 atom stereocenters. The SMILES string of the molecule is C=C(/C=C/C=C(C)C)C(C)CO. The lowest BCUT2D eigenvalue weighted by atomic mass is 10.0. The van der Waals surface area contributed by atoms with Crippen molar-refractivity contribution in [1.29, 1.82) is 0 Å². The smallest absolute Gasteiger partial charge is 0.0496 e. The molecule has 0 bridgehead atoms. The zero-order chi connectivity index (χ0) is 9.56. The van der Waals surface area contributed by atoms with Crippen LogP contribution in [0.4, 0.5) is 0 Å². The summed E-state index contributed by atoms with van der Waals surface area (Å²) < 4.78 is 0. The van der Waals surface area contributed by atoms with E-state index >= 15 is 0 Å². The third-order valence-corrected chi connectivity index (χ3v) is 1.65. The van der Waals surface area contributed by atoms with Gasteiger partial charge in [-0.05, 0) is 13.8 Å². The number of aliphatic hydroxyl groups excluding tert-OH is 1. The summed E-state index contributed by atoms with van der Waals surface area (Å²) in [4.78, 5) is 0. The second kappa shape index (κ2) is 5.78. The molecule has 0 aliphatic rings. The van der Waals surface area contributed by atoms with Crippen molar-refractivity contribution < 1.29 is 5.11 Å². The summed E-state index contributed by atoms with van der Waals surface area (Å²) in [7, 11) is 0. The lowest BCUT2D eigenvalue weighted by Gasteiger charge is -2.05. The van der Waals surface area contributed by atoms with Gasteiger partial charge in [-0.25, -0.2) is 0 Å². The topological polar surface area (TPSA) is 20.2 Å². The van der Waals surface area contributed by atoms with E-state index in [0.717, 1.165) is 5.57 Å². The molecule has 0 aromatic carbocycles. The quantitative estimate of drug-likeness (QED) is 0.637. The van der Waals surface area contributed by atoms with Crippen molar-refractivity contribution in [3.8, 4) is 0 Å².